The quantitative estimate of drug-likeness (QED) is 0.560. The largest absolute Gasteiger partial charge is 0.474 e. The van der Waals surface area contributed by atoms with Crippen molar-refractivity contribution in [3.05, 3.63) is 95.1 Å². The number of aryl methyl sites for hydroxylation is 1. The SMILES string of the molecule is Cc1ccc(CSCC2COC(c3cccn3Cc3ccc(F)cc3)=N2)cc1. The number of ether oxygens (including phenoxy) is 1. The Hall–Kier alpha value is -2.53. The molecule has 0 aliphatic carbocycles. The van der Waals surface area contributed by atoms with Crippen LogP contribution in [-0.2, 0) is 17.0 Å². The Bertz CT molecular complexity index is 947. The molecule has 0 saturated heterocycles. The fraction of sp³-hybridized carbons (Fsp3) is 0.261. The minimum absolute atomic E-state index is 0.180. The van der Waals surface area contributed by atoms with Crippen LogP contribution in [0.1, 0.15) is 22.4 Å². The van der Waals surface area contributed by atoms with Gasteiger partial charge in [-0.3, -0.25) is 0 Å². The lowest BCUT2D eigenvalue weighted by molar-refractivity contribution is 0.323. The molecule has 1 aliphatic rings. The number of halogens is 1. The second kappa shape index (κ2) is 8.65. The van der Waals surface area contributed by atoms with Gasteiger partial charge in [-0.1, -0.05) is 42.0 Å². The Labute approximate surface area is 169 Å². The van der Waals surface area contributed by atoms with Gasteiger partial charge >= 0.3 is 0 Å². The van der Waals surface area contributed by atoms with Crippen LogP contribution in [0.25, 0.3) is 0 Å². The van der Waals surface area contributed by atoms with Crippen LogP contribution in [0.3, 0.4) is 0 Å². The Balaban J connectivity index is 1.35. The molecule has 2 aromatic carbocycles. The molecule has 3 nitrogen and oxygen atoms in total. The molecule has 3 aromatic rings. The van der Waals surface area contributed by atoms with Crippen molar-refractivity contribution in [2.45, 2.75) is 25.3 Å². The van der Waals surface area contributed by atoms with Crippen molar-refractivity contribution < 1.29 is 9.13 Å². The van der Waals surface area contributed by atoms with E-state index in [-0.39, 0.29) is 11.9 Å². The normalized spacial score (nSPS) is 16.1. The third-order valence-corrected chi connectivity index (χ3v) is 5.88. The van der Waals surface area contributed by atoms with E-state index in [1.807, 2.05) is 30.1 Å². The summed E-state index contributed by atoms with van der Waals surface area (Å²) in [5.74, 6) is 2.41. The molecule has 28 heavy (non-hydrogen) atoms. The topological polar surface area (TPSA) is 26.5 Å². The number of nitrogens with zero attached hydrogens (tertiary/aromatic N) is 2. The molecule has 144 valence electrons. The van der Waals surface area contributed by atoms with E-state index in [1.54, 1.807) is 12.1 Å². The molecule has 1 atom stereocenters. The minimum Gasteiger partial charge on any atom is -0.474 e. The number of aliphatic imine (C=N–C) groups is 1. The number of rotatable bonds is 7. The number of hydrogen-bond donors (Lipinski definition) is 0. The van der Waals surface area contributed by atoms with Crippen LogP contribution in [0.4, 0.5) is 4.39 Å². The molecule has 5 heteroatoms. The van der Waals surface area contributed by atoms with Crippen LogP contribution in [-0.4, -0.2) is 28.9 Å². The fourth-order valence-electron chi connectivity index (χ4n) is 3.17. The van der Waals surface area contributed by atoms with Crippen molar-refractivity contribution >= 4 is 17.7 Å². The predicted molar refractivity (Wildman–Crippen MR) is 114 cm³/mol. The van der Waals surface area contributed by atoms with E-state index in [0.717, 1.165) is 22.8 Å². The summed E-state index contributed by atoms with van der Waals surface area (Å²) in [6.07, 6.45) is 2.00. The van der Waals surface area contributed by atoms with Crippen LogP contribution < -0.4 is 0 Å². The lowest BCUT2D eigenvalue weighted by Gasteiger charge is -2.09. The highest BCUT2D eigenvalue weighted by Gasteiger charge is 2.22. The summed E-state index contributed by atoms with van der Waals surface area (Å²) in [7, 11) is 0. The maximum Gasteiger partial charge on any atom is 0.233 e. The van der Waals surface area contributed by atoms with Gasteiger partial charge in [-0.15, -0.1) is 0 Å². The van der Waals surface area contributed by atoms with Gasteiger partial charge in [-0.2, -0.15) is 11.8 Å². The predicted octanol–water partition coefficient (Wildman–Crippen LogP) is 5.06. The first-order valence-corrected chi connectivity index (χ1v) is 10.6. The number of benzene rings is 2. The Morgan fingerprint density at radius 1 is 1.07 bits per heavy atom. The first-order valence-electron chi connectivity index (χ1n) is 9.41. The first kappa shape index (κ1) is 18.8. The monoisotopic (exact) mass is 394 g/mol. The second-order valence-corrected chi connectivity index (χ2v) is 8.08. The summed E-state index contributed by atoms with van der Waals surface area (Å²) in [5.41, 5.74) is 4.64. The molecule has 0 N–H and O–H groups in total. The molecular formula is C23H23FN2OS. The summed E-state index contributed by atoms with van der Waals surface area (Å²) in [4.78, 5) is 4.78. The smallest absolute Gasteiger partial charge is 0.233 e. The van der Waals surface area contributed by atoms with E-state index in [0.29, 0.717) is 19.0 Å². The van der Waals surface area contributed by atoms with E-state index in [4.69, 9.17) is 9.73 Å². The van der Waals surface area contributed by atoms with Gasteiger partial charge in [0.2, 0.25) is 5.90 Å². The van der Waals surface area contributed by atoms with Gasteiger partial charge in [0.25, 0.3) is 0 Å². The standard InChI is InChI=1S/C23H23FN2OS/c1-17-4-6-19(7-5-17)15-28-16-21-14-27-23(25-21)22-3-2-12-26(22)13-18-8-10-20(24)11-9-18/h2-12,21H,13-16H2,1H3. The summed E-state index contributed by atoms with van der Waals surface area (Å²) < 4.78 is 21.1. The maximum absolute atomic E-state index is 13.1. The van der Waals surface area contributed by atoms with Gasteiger partial charge in [-0.05, 0) is 42.3 Å². The third-order valence-electron chi connectivity index (χ3n) is 4.73. The molecule has 0 bridgehead atoms. The lowest BCUT2D eigenvalue weighted by Crippen LogP contribution is -2.11. The molecule has 4 rings (SSSR count). The molecule has 0 fully saturated rings. The van der Waals surface area contributed by atoms with Gasteiger partial charge < -0.3 is 9.30 Å². The van der Waals surface area contributed by atoms with Crippen molar-refractivity contribution in [1.29, 1.82) is 0 Å². The van der Waals surface area contributed by atoms with Crippen LogP contribution in [0.2, 0.25) is 0 Å². The molecule has 0 amide bonds. The van der Waals surface area contributed by atoms with E-state index >= 15 is 0 Å². The van der Waals surface area contributed by atoms with Crippen molar-refractivity contribution in [2.24, 2.45) is 4.99 Å². The Morgan fingerprint density at radius 3 is 2.61 bits per heavy atom. The summed E-state index contributed by atoms with van der Waals surface area (Å²) in [6, 6.07) is 19.5. The fourth-order valence-corrected chi connectivity index (χ4v) is 4.16. The van der Waals surface area contributed by atoms with Gasteiger partial charge in [0.1, 0.15) is 18.1 Å². The first-order chi connectivity index (χ1) is 13.7. The highest BCUT2D eigenvalue weighted by Crippen LogP contribution is 2.20. The van der Waals surface area contributed by atoms with E-state index in [1.165, 1.54) is 23.3 Å². The zero-order chi connectivity index (χ0) is 19.3. The van der Waals surface area contributed by atoms with Crippen molar-refractivity contribution in [1.82, 2.24) is 4.57 Å². The average molecular weight is 395 g/mol. The summed E-state index contributed by atoms with van der Waals surface area (Å²) in [5, 5.41) is 0. The number of aromatic nitrogens is 1. The molecule has 0 radical (unpaired) electrons. The van der Waals surface area contributed by atoms with Crippen molar-refractivity contribution in [3.8, 4) is 0 Å². The van der Waals surface area contributed by atoms with Gasteiger partial charge in [0.05, 0.1) is 6.04 Å². The Morgan fingerprint density at radius 2 is 1.82 bits per heavy atom. The molecule has 2 heterocycles. The molecule has 1 aromatic heterocycles. The van der Waals surface area contributed by atoms with Crippen molar-refractivity contribution in [3.63, 3.8) is 0 Å². The Kier molecular flexibility index (Phi) is 5.81. The second-order valence-electron chi connectivity index (χ2n) is 7.05. The summed E-state index contributed by atoms with van der Waals surface area (Å²) in [6.45, 7) is 3.39. The zero-order valence-corrected chi connectivity index (χ0v) is 16.7. The van der Waals surface area contributed by atoms with Gasteiger partial charge in [0.15, 0.2) is 0 Å². The minimum atomic E-state index is -0.217. The lowest BCUT2D eigenvalue weighted by atomic mass is 10.2. The summed E-state index contributed by atoms with van der Waals surface area (Å²) >= 11 is 1.89. The van der Waals surface area contributed by atoms with Crippen LogP contribution in [0, 0.1) is 12.7 Å². The van der Waals surface area contributed by atoms with Crippen LogP contribution in [0.5, 0.6) is 0 Å². The molecule has 1 aliphatic heterocycles. The highest BCUT2D eigenvalue weighted by molar-refractivity contribution is 7.98. The number of thioether (sulfide) groups is 1. The van der Waals surface area contributed by atoms with Gasteiger partial charge in [0, 0.05) is 24.2 Å². The highest BCUT2D eigenvalue weighted by atomic mass is 32.2. The van der Waals surface area contributed by atoms with Gasteiger partial charge in [-0.25, -0.2) is 9.38 Å². The van der Waals surface area contributed by atoms with Crippen LogP contribution >= 0.6 is 11.8 Å². The van der Waals surface area contributed by atoms with E-state index < -0.39 is 0 Å². The molecule has 1 unspecified atom stereocenters. The molecule has 0 saturated carbocycles. The number of hydrogen-bond acceptors (Lipinski definition) is 3. The van der Waals surface area contributed by atoms with E-state index in [2.05, 4.69) is 35.8 Å². The molecule has 0 spiro atoms. The van der Waals surface area contributed by atoms with Crippen LogP contribution in [0.15, 0.2) is 71.9 Å². The molecular weight excluding hydrogens is 371 g/mol. The van der Waals surface area contributed by atoms with Crippen molar-refractivity contribution in [2.75, 3.05) is 12.4 Å². The van der Waals surface area contributed by atoms with E-state index in [9.17, 15) is 4.39 Å². The average Bonchev–Trinajstić information content (AvgIpc) is 3.34. The zero-order valence-electron chi connectivity index (χ0n) is 15.8. The third kappa shape index (κ3) is 4.65. The maximum atomic E-state index is 13.1.